The molecular formula is C21H20N6O4. The summed E-state index contributed by atoms with van der Waals surface area (Å²) in [5.74, 6) is 1.18. The van der Waals surface area contributed by atoms with Crippen LogP contribution in [0.4, 0.5) is 11.6 Å². The summed E-state index contributed by atoms with van der Waals surface area (Å²) in [4.78, 5) is 39.1. The number of hydrogen-bond donors (Lipinski definition) is 1. The van der Waals surface area contributed by atoms with Gasteiger partial charge in [-0.05, 0) is 19.1 Å². The van der Waals surface area contributed by atoms with E-state index in [1.54, 1.807) is 49.6 Å². The minimum atomic E-state index is -0.532. The smallest absolute Gasteiger partial charge is 0.337 e. The highest BCUT2D eigenvalue weighted by molar-refractivity contribution is 5.75. The molecule has 1 N–H and O–H groups in total. The lowest BCUT2D eigenvalue weighted by atomic mass is 10.2. The summed E-state index contributed by atoms with van der Waals surface area (Å²) in [6, 6.07) is 8.37. The first kappa shape index (κ1) is 20.1. The molecular weight excluding hydrogens is 400 g/mol. The largest absolute Gasteiger partial charge is 0.497 e. The topological polar surface area (TPSA) is 113 Å². The van der Waals surface area contributed by atoms with Gasteiger partial charge in [0, 0.05) is 49.0 Å². The standard InChI is InChI=1S/C21H20N6O4/c1-4-26-18-17(12-23-20(25-18)24-13-5-7-22-8-6-13)19(28)27(21(26)29)14-9-15(30-2)11-16(10-14)31-3/h5-12H,4H2,1-3H3,(H,22,23,24,25). The number of hydrogen-bond acceptors (Lipinski definition) is 8. The van der Waals surface area contributed by atoms with Crippen LogP contribution in [0.25, 0.3) is 16.7 Å². The number of anilines is 2. The fraction of sp³-hybridized carbons (Fsp3) is 0.190. The number of methoxy groups -OCH3 is 2. The van der Waals surface area contributed by atoms with Crippen molar-refractivity contribution in [3.8, 4) is 17.2 Å². The van der Waals surface area contributed by atoms with Crippen molar-refractivity contribution >= 4 is 22.7 Å². The minimum Gasteiger partial charge on any atom is -0.497 e. The molecule has 10 heteroatoms. The zero-order valence-corrected chi connectivity index (χ0v) is 17.2. The van der Waals surface area contributed by atoms with Gasteiger partial charge in [-0.25, -0.2) is 14.3 Å². The van der Waals surface area contributed by atoms with Crippen molar-refractivity contribution < 1.29 is 9.47 Å². The lowest BCUT2D eigenvalue weighted by Crippen LogP contribution is -2.39. The number of nitrogens with zero attached hydrogens (tertiary/aromatic N) is 5. The Bertz CT molecular complexity index is 1340. The second kappa shape index (κ2) is 8.27. The molecule has 3 aromatic heterocycles. The van der Waals surface area contributed by atoms with Crippen molar-refractivity contribution in [2.75, 3.05) is 19.5 Å². The van der Waals surface area contributed by atoms with E-state index < -0.39 is 11.2 Å². The first-order chi connectivity index (χ1) is 15.0. The lowest BCUT2D eigenvalue weighted by Gasteiger charge is -2.14. The van der Waals surface area contributed by atoms with Crippen molar-refractivity contribution in [2.45, 2.75) is 13.5 Å². The maximum absolute atomic E-state index is 13.3. The first-order valence-electron chi connectivity index (χ1n) is 9.48. The van der Waals surface area contributed by atoms with Crippen molar-refractivity contribution in [1.29, 1.82) is 0 Å². The number of rotatable bonds is 6. The predicted molar refractivity (Wildman–Crippen MR) is 116 cm³/mol. The molecule has 0 amide bonds. The third-order valence-electron chi connectivity index (χ3n) is 4.73. The molecule has 1 aromatic carbocycles. The summed E-state index contributed by atoms with van der Waals surface area (Å²) < 4.78 is 13.0. The predicted octanol–water partition coefficient (Wildman–Crippen LogP) is 2.12. The van der Waals surface area contributed by atoms with Crippen molar-refractivity contribution in [3.63, 3.8) is 0 Å². The summed E-state index contributed by atoms with van der Waals surface area (Å²) in [5, 5.41) is 3.25. The van der Waals surface area contributed by atoms with Crippen LogP contribution in [-0.2, 0) is 6.54 Å². The van der Waals surface area contributed by atoms with Gasteiger partial charge >= 0.3 is 5.69 Å². The Hall–Kier alpha value is -4.21. The van der Waals surface area contributed by atoms with E-state index in [0.29, 0.717) is 23.7 Å². The van der Waals surface area contributed by atoms with Gasteiger partial charge in [0.2, 0.25) is 5.95 Å². The third-order valence-corrected chi connectivity index (χ3v) is 4.73. The van der Waals surface area contributed by atoms with E-state index in [4.69, 9.17) is 9.47 Å². The number of pyridine rings is 1. The highest BCUT2D eigenvalue weighted by Crippen LogP contribution is 2.24. The first-order valence-corrected chi connectivity index (χ1v) is 9.48. The van der Waals surface area contributed by atoms with Crippen LogP contribution in [0.2, 0.25) is 0 Å². The zero-order chi connectivity index (χ0) is 22.0. The fourth-order valence-electron chi connectivity index (χ4n) is 3.21. The highest BCUT2D eigenvalue weighted by Gasteiger charge is 2.17. The zero-order valence-electron chi connectivity index (χ0n) is 17.2. The molecule has 0 saturated heterocycles. The van der Waals surface area contributed by atoms with Crippen molar-refractivity contribution in [2.24, 2.45) is 0 Å². The van der Waals surface area contributed by atoms with Crippen molar-refractivity contribution in [3.05, 3.63) is 69.8 Å². The second-order valence-corrected chi connectivity index (χ2v) is 6.53. The molecule has 0 saturated carbocycles. The number of aromatic nitrogens is 5. The molecule has 0 aliphatic carbocycles. The van der Waals surface area contributed by atoms with E-state index in [0.717, 1.165) is 10.3 Å². The number of benzene rings is 1. The average Bonchev–Trinajstić information content (AvgIpc) is 2.79. The van der Waals surface area contributed by atoms with Crippen LogP contribution >= 0.6 is 0 Å². The molecule has 0 aliphatic rings. The number of ether oxygens (including phenoxy) is 2. The van der Waals surface area contributed by atoms with Crippen LogP contribution in [-0.4, -0.2) is 38.3 Å². The summed E-state index contributed by atoms with van der Waals surface area (Å²) in [6.07, 6.45) is 4.67. The van der Waals surface area contributed by atoms with Gasteiger partial charge in [0.1, 0.15) is 16.9 Å². The van der Waals surface area contributed by atoms with Gasteiger partial charge in [-0.1, -0.05) is 0 Å². The van der Waals surface area contributed by atoms with E-state index in [9.17, 15) is 9.59 Å². The summed E-state index contributed by atoms with van der Waals surface area (Å²) >= 11 is 0. The van der Waals surface area contributed by atoms with E-state index >= 15 is 0 Å². The molecule has 0 fully saturated rings. The Morgan fingerprint density at radius 3 is 2.32 bits per heavy atom. The molecule has 0 spiro atoms. The number of aryl methyl sites for hydroxylation is 1. The Kier molecular flexibility index (Phi) is 5.35. The van der Waals surface area contributed by atoms with E-state index in [1.807, 2.05) is 0 Å². The maximum Gasteiger partial charge on any atom is 0.337 e. The van der Waals surface area contributed by atoms with Crippen LogP contribution in [0.5, 0.6) is 11.5 Å². The van der Waals surface area contributed by atoms with Crippen LogP contribution in [0.15, 0.2) is 58.5 Å². The molecule has 4 rings (SSSR count). The Balaban J connectivity index is 1.93. The molecule has 10 nitrogen and oxygen atoms in total. The molecule has 0 aliphatic heterocycles. The van der Waals surface area contributed by atoms with Gasteiger partial charge < -0.3 is 14.8 Å². The van der Waals surface area contributed by atoms with E-state index in [1.165, 1.54) is 25.0 Å². The van der Waals surface area contributed by atoms with Crippen LogP contribution < -0.4 is 26.0 Å². The maximum atomic E-state index is 13.3. The van der Waals surface area contributed by atoms with Gasteiger partial charge in [-0.3, -0.25) is 14.3 Å². The van der Waals surface area contributed by atoms with Gasteiger partial charge in [0.25, 0.3) is 5.56 Å². The van der Waals surface area contributed by atoms with Gasteiger partial charge in [-0.15, -0.1) is 0 Å². The molecule has 0 radical (unpaired) electrons. The fourth-order valence-corrected chi connectivity index (χ4v) is 3.21. The Morgan fingerprint density at radius 1 is 1.03 bits per heavy atom. The Morgan fingerprint density at radius 2 is 1.71 bits per heavy atom. The monoisotopic (exact) mass is 420 g/mol. The van der Waals surface area contributed by atoms with Crippen LogP contribution in [0.1, 0.15) is 6.92 Å². The second-order valence-electron chi connectivity index (χ2n) is 6.53. The molecule has 158 valence electrons. The van der Waals surface area contributed by atoms with Crippen LogP contribution in [0.3, 0.4) is 0 Å². The SMILES string of the molecule is CCn1c(=O)n(-c2cc(OC)cc(OC)c2)c(=O)c2cnc(Nc3ccncc3)nc21. The Labute approximate surface area is 176 Å². The molecule has 3 heterocycles. The summed E-state index contributed by atoms with van der Waals surface area (Å²) in [7, 11) is 2.99. The molecule has 4 aromatic rings. The highest BCUT2D eigenvalue weighted by atomic mass is 16.5. The molecule has 0 unspecified atom stereocenters. The summed E-state index contributed by atoms with van der Waals surface area (Å²) in [6.45, 7) is 2.11. The van der Waals surface area contributed by atoms with Gasteiger partial charge in [-0.2, -0.15) is 4.98 Å². The number of fused-ring (bicyclic) bond motifs is 1. The average molecular weight is 420 g/mol. The normalized spacial score (nSPS) is 10.8. The molecule has 0 atom stereocenters. The van der Waals surface area contributed by atoms with Crippen LogP contribution in [0, 0.1) is 0 Å². The molecule has 0 bridgehead atoms. The number of nitrogens with one attached hydrogen (secondary N) is 1. The third kappa shape index (κ3) is 3.70. The van der Waals surface area contributed by atoms with E-state index in [2.05, 4.69) is 20.3 Å². The van der Waals surface area contributed by atoms with Gasteiger partial charge in [0.15, 0.2) is 5.65 Å². The quantitative estimate of drug-likeness (QED) is 0.505. The van der Waals surface area contributed by atoms with Crippen molar-refractivity contribution in [1.82, 2.24) is 24.1 Å². The summed E-state index contributed by atoms with van der Waals surface area (Å²) in [5.41, 5.74) is 0.250. The van der Waals surface area contributed by atoms with E-state index in [-0.39, 0.29) is 17.0 Å². The lowest BCUT2D eigenvalue weighted by molar-refractivity contribution is 0.394. The van der Waals surface area contributed by atoms with Gasteiger partial charge in [0.05, 0.1) is 19.9 Å². The molecule has 31 heavy (non-hydrogen) atoms. The minimum absolute atomic E-state index is 0.212.